The molecular weight excluding hydrogens is 402 g/mol. The highest BCUT2D eigenvalue weighted by Gasteiger charge is 2.28. The van der Waals surface area contributed by atoms with Crippen LogP contribution in [0.3, 0.4) is 0 Å². The van der Waals surface area contributed by atoms with Crippen molar-refractivity contribution in [2.24, 2.45) is 13.0 Å². The number of amides is 1. The summed E-state index contributed by atoms with van der Waals surface area (Å²) in [5.74, 6) is 1.44. The van der Waals surface area contributed by atoms with Crippen LogP contribution in [0.2, 0.25) is 0 Å². The van der Waals surface area contributed by atoms with Gasteiger partial charge in [0.05, 0.1) is 12.1 Å². The fourth-order valence-corrected chi connectivity index (χ4v) is 5.00. The summed E-state index contributed by atoms with van der Waals surface area (Å²) in [6, 6.07) is 6.61. The smallest absolute Gasteiger partial charge is 0.226 e. The van der Waals surface area contributed by atoms with Gasteiger partial charge in [-0.25, -0.2) is 0 Å². The Kier molecular flexibility index (Phi) is 7.48. The number of benzene rings is 1. The largest absolute Gasteiger partial charge is 0.492 e. The summed E-state index contributed by atoms with van der Waals surface area (Å²) in [5, 5.41) is 4.30. The molecule has 1 aromatic heterocycles. The van der Waals surface area contributed by atoms with Crippen molar-refractivity contribution in [2.45, 2.75) is 46.3 Å². The number of rotatable bonds is 7. The highest BCUT2D eigenvalue weighted by molar-refractivity contribution is 5.79. The van der Waals surface area contributed by atoms with Crippen LogP contribution in [0.5, 0.6) is 5.75 Å². The van der Waals surface area contributed by atoms with Gasteiger partial charge in [-0.05, 0) is 50.9 Å². The summed E-state index contributed by atoms with van der Waals surface area (Å²) in [4.78, 5) is 19.7. The van der Waals surface area contributed by atoms with Gasteiger partial charge < -0.3 is 9.64 Å². The minimum Gasteiger partial charge on any atom is -0.492 e. The van der Waals surface area contributed by atoms with Gasteiger partial charge in [-0.15, -0.1) is 0 Å². The number of ether oxygens (including phenoxy) is 1. The van der Waals surface area contributed by atoms with Crippen LogP contribution < -0.4 is 4.74 Å². The summed E-state index contributed by atoms with van der Waals surface area (Å²) in [6.45, 7) is 11.9. The maximum absolute atomic E-state index is 12.8. The molecule has 1 unspecified atom stereocenters. The number of carbonyl (C=O) groups is 1. The van der Waals surface area contributed by atoms with Gasteiger partial charge in [-0.3, -0.25) is 19.3 Å². The van der Waals surface area contributed by atoms with Gasteiger partial charge >= 0.3 is 0 Å². The van der Waals surface area contributed by atoms with E-state index >= 15 is 0 Å². The second-order valence-electron chi connectivity index (χ2n) is 9.11. The quantitative estimate of drug-likeness (QED) is 0.664. The molecule has 2 aliphatic rings. The van der Waals surface area contributed by atoms with E-state index in [1.165, 1.54) is 16.7 Å². The van der Waals surface area contributed by atoms with Crippen molar-refractivity contribution < 1.29 is 9.53 Å². The fourth-order valence-electron chi connectivity index (χ4n) is 5.00. The summed E-state index contributed by atoms with van der Waals surface area (Å²) in [7, 11) is 1.96. The van der Waals surface area contributed by atoms with Crippen LogP contribution in [0.4, 0.5) is 0 Å². The molecule has 1 atom stereocenters. The molecule has 7 nitrogen and oxygen atoms in total. The van der Waals surface area contributed by atoms with E-state index in [2.05, 4.69) is 53.1 Å². The molecule has 174 valence electrons. The Labute approximate surface area is 191 Å². The monoisotopic (exact) mass is 439 g/mol. The number of carbonyl (C=O) groups excluding carboxylic acids is 1. The van der Waals surface area contributed by atoms with Gasteiger partial charge in [0.15, 0.2) is 0 Å². The van der Waals surface area contributed by atoms with Crippen LogP contribution in [0.25, 0.3) is 0 Å². The average molecular weight is 440 g/mol. The molecule has 0 saturated carbocycles. The molecular formula is C25H37N5O2. The van der Waals surface area contributed by atoms with Gasteiger partial charge in [0.2, 0.25) is 5.91 Å². The van der Waals surface area contributed by atoms with E-state index < -0.39 is 0 Å². The average Bonchev–Trinajstić information content (AvgIpc) is 3.09. The Morgan fingerprint density at radius 2 is 1.97 bits per heavy atom. The molecule has 2 aliphatic heterocycles. The predicted molar refractivity (Wildman–Crippen MR) is 125 cm³/mol. The summed E-state index contributed by atoms with van der Waals surface area (Å²) >= 11 is 0. The van der Waals surface area contributed by atoms with Crippen LogP contribution >= 0.6 is 0 Å². The van der Waals surface area contributed by atoms with Crippen LogP contribution in [-0.2, 0) is 31.5 Å². The first kappa shape index (κ1) is 22.8. The maximum Gasteiger partial charge on any atom is 0.226 e. The Hall–Kier alpha value is -2.38. The zero-order chi connectivity index (χ0) is 22.5. The van der Waals surface area contributed by atoms with Crippen molar-refractivity contribution >= 4 is 5.91 Å². The topological polar surface area (TPSA) is 53.8 Å². The molecule has 3 heterocycles. The second kappa shape index (κ2) is 10.5. The van der Waals surface area contributed by atoms with Gasteiger partial charge in [-0.2, -0.15) is 5.10 Å². The zero-order valence-electron chi connectivity index (χ0n) is 19.8. The number of aryl methyl sites for hydroxylation is 1. The summed E-state index contributed by atoms with van der Waals surface area (Å²) in [6.07, 6.45) is 6.11. The molecule has 1 fully saturated rings. The number of likely N-dealkylation sites (tertiary alicyclic amines) is 1. The SMILES string of the molecule is CCN(CC)C(=O)C1CCCN(Cc2ccc3c(c2)CN(Cc2cnn(C)c2)CCO3)C1. The lowest BCUT2D eigenvalue weighted by Crippen LogP contribution is -2.44. The predicted octanol–water partition coefficient (Wildman–Crippen LogP) is 2.90. The first-order valence-corrected chi connectivity index (χ1v) is 12.0. The van der Waals surface area contributed by atoms with Crippen molar-refractivity contribution in [3.05, 3.63) is 47.3 Å². The molecule has 0 radical (unpaired) electrons. The molecule has 1 saturated heterocycles. The number of nitrogens with zero attached hydrogens (tertiary/aromatic N) is 5. The van der Waals surface area contributed by atoms with Crippen LogP contribution in [-0.4, -0.2) is 69.7 Å². The second-order valence-corrected chi connectivity index (χ2v) is 9.11. The third kappa shape index (κ3) is 5.51. The zero-order valence-corrected chi connectivity index (χ0v) is 19.8. The summed E-state index contributed by atoms with van der Waals surface area (Å²) < 4.78 is 7.89. The van der Waals surface area contributed by atoms with Crippen molar-refractivity contribution in [1.29, 1.82) is 0 Å². The summed E-state index contributed by atoms with van der Waals surface area (Å²) in [5.41, 5.74) is 3.77. The Balaban J connectivity index is 1.40. The molecule has 7 heteroatoms. The highest BCUT2D eigenvalue weighted by atomic mass is 16.5. The molecule has 32 heavy (non-hydrogen) atoms. The minimum absolute atomic E-state index is 0.128. The lowest BCUT2D eigenvalue weighted by atomic mass is 9.95. The van der Waals surface area contributed by atoms with E-state index in [0.29, 0.717) is 12.5 Å². The number of hydrogen-bond donors (Lipinski definition) is 0. The number of piperidine rings is 1. The van der Waals surface area contributed by atoms with Crippen molar-refractivity contribution in [1.82, 2.24) is 24.5 Å². The van der Waals surface area contributed by atoms with Crippen LogP contribution in [0, 0.1) is 5.92 Å². The van der Waals surface area contributed by atoms with E-state index in [1.807, 2.05) is 22.8 Å². The molecule has 0 aliphatic carbocycles. The molecule has 1 aromatic carbocycles. The lowest BCUT2D eigenvalue weighted by Gasteiger charge is -2.34. The third-order valence-electron chi connectivity index (χ3n) is 6.68. The fraction of sp³-hybridized carbons (Fsp3) is 0.600. The molecule has 1 amide bonds. The lowest BCUT2D eigenvalue weighted by molar-refractivity contribution is -0.137. The minimum atomic E-state index is 0.128. The van der Waals surface area contributed by atoms with E-state index in [4.69, 9.17) is 4.74 Å². The van der Waals surface area contributed by atoms with E-state index in [0.717, 1.165) is 70.9 Å². The van der Waals surface area contributed by atoms with E-state index in [-0.39, 0.29) is 5.92 Å². The molecule has 2 aromatic rings. The van der Waals surface area contributed by atoms with Crippen molar-refractivity contribution in [3.8, 4) is 5.75 Å². The number of aromatic nitrogens is 2. The van der Waals surface area contributed by atoms with Gasteiger partial charge in [0, 0.05) is 70.2 Å². The first-order chi connectivity index (χ1) is 15.6. The van der Waals surface area contributed by atoms with E-state index in [1.54, 1.807) is 0 Å². The van der Waals surface area contributed by atoms with Gasteiger partial charge in [-0.1, -0.05) is 6.07 Å². The Morgan fingerprint density at radius 1 is 1.16 bits per heavy atom. The van der Waals surface area contributed by atoms with Crippen molar-refractivity contribution in [3.63, 3.8) is 0 Å². The van der Waals surface area contributed by atoms with Crippen LogP contribution in [0.1, 0.15) is 43.4 Å². The van der Waals surface area contributed by atoms with Gasteiger partial charge in [0.25, 0.3) is 0 Å². The Bertz CT molecular complexity index is 907. The molecule has 0 spiro atoms. The third-order valence-corrected chi connectivity index (χ3v) is 6.68. The number of fused-ring (bicyclic) bond motifs is 1. The maximum atomic E-state index is 12.8. The standard InChI is InChI=1S/C25H37N5O2/c1-4-30(5-2)25(31)22-7-6-10-28(18-22)16-20-8-9-24-23(13-20)19-29(11-12-32-24)17-21-14-26-27(3)15-21/h8-9,13-15,22H,4-7,10-12,16-19H2,1-3H3. The molecule has 0 bridgehead atoms. The normalized spacial score (nSPS) is 19.8. The first-order valence-electron chi connectivity index (χ1n) is 12.0. The Morgan fingerprint density at radius 3 is 2.72 bits per heavy atom. The van der Waals surface area contributed by atoms with Crippen molar-refractivity contribution in [2.75, 3.05) is 39.3 Å². The molecule has 4 rings (SSSR count). The van der Waals surface area contributed by atoms with Gasteiger partial charge in [0.1, 0.15) is 12.4 Å². The van der Waals surface area contributed by atoms with Crippen LogP contribution in [0.15, 0.2) is 30.6 Å². The highest BCUT2D eigenvalue weighted by Crippen LogP contribution is 2.27. The van der Waals surface area contributed by atoms with E-state index in [9.17, 15) is 4.79 Å². The number of hydrogen-bond acceptors (Lipinski definition) is 5. The molecule has 0 N–H and O–H groups in total.